The van der Waals surface area contributed by atoms with E-state index in [2.05, 4.69) is 12.2 Å². The van der Waals surface area contributed by atoms with Crippen molar-refractivity contribution in [1.29, 1.82) is 0 Å². The van der Waals surface area contributed by atoms with Gasteiger partial charge in [-0.15, -0.1) is 0 Å². The summed E-state index contributed by atoms with van der Waals surface area (Å²) >= 11 is 0. The van der Waals surface area contributed by atoms with E-state index >= 15 is 0 Å². The van der Waals surface area contributed by atoms with Crippen LogP contribution < -0.4 is 10.1 Å². The summed E-state index contributed by atoms with van der Waals surface area (Å²) in [4.78, 5) is 12.8. The van der Waals surface area contributed by atoms with Gasteiger partial charge < -0.3 is 14.8 Å². The Morgan fingerprint density at radius 1 is 1.45 bits per heavy atom. The van der Waals surface area contributed by atoms with Crippen LogP contribution in [0.15, 0.2) is 18.2 Å². The first-order chi connectivity index (χ1) is 10.5. The van der Waals surface area contributed by atoms with Gasteiger partial charge in [-0.3, -0.25) is 4.79 Å². The van der Waals surface area contributed by atoms with Crippen molar-refractivity contribution in [2.75, 3.05) is 19.0 Å². The van der Waals surface area contributed by atoms with Crippen LogP contribution in [-0.4, -0.2) is 25.2 Å². The molecule has 22 heavy (non-hydrogen) atoms. The molecule has 122 valence electrons. The molecule has 4 nitrogen and oxygen atoms in total. The molecule has 1 aliphatic rings. The van der Waals surface area contributed by atoms with Gasteiger partial charge in [-0.05, 0) is 62.8 Å². The number of carbonyl (C=O) groups excluding carboxylic acids is 1. The normalized spacial score (nSPS) is 24.8. The molecule has 0 aromatic heterocycles. The van der Waals surface area contributed by atoms with Gasteiger partial charge >= 0.3 is 0 Å². The fraction of sp³-hybridized carbons (Fsp3) is 0.611. The van der Waals surface area contributed by atoms with Crippen molar-refractivity contribution in [2.45, 2.75) is 52.1 Å². The first kappa shape index (κ1) is 16.8. The van der Waals surface area contributed by atoms with Gasteiger partial charge in [-0.25, -0.2) is 0 Å². The van der Waals surface area contributed by atoms with E-state index in [1.807, 2.05) is 32.0 Å². The first-order valence-corrected chi connectivity index (χ1v) is 8.11. The maximum atomic E-state index is 12.8. The molecule has 0 unspecified atom stereocenters. The van der Waals surface area contributed by atoms with Crippen LogP contribution in [0.5, 0.6) is 5.75 Å². The van der Waals surface area contributed by atoms with Crippen LogP contribution in [0.1, 0.15) is 45.1 Å². The summed E-state index contributed by atoms with van der Waals surface area (Å²) in [5.74, 6) is 1.32. The molecule has 0 radical (unpaired) electrons. The van der Waals surface area contributed by atoms with E-state index in [-0.39, 0.29) is 5.91 Å². The minimum Gasteiger partial charge on any atom is -0.496 e. The van der Waals surface area contributed by atoms with Gasteiger partial charge in [-0.1, -0.05) is 13.3 Å². The summed E-state index contributed by atoms with van der Waals surface area (Å²) in [6.07, 6.45) is 3.80. The summed E-state index contributed by atoms with van der Waals surface area (Å²) in [6.45, 7) is 6.67. The molecular formula is C18H27NO3. The third-order valence-electron chi connectivity index (χ3n) is 4.44. The number of nitrogens with one attached hydrogen (secondary N) is 1. The van der Waals surface area contributed by atoms with E-state index in [1.165, 1.54) is 6.42 Å². The molecule has 0 saturated heterocycles. The maximum absolute atomic E-state index is 12.8. The number of amides is 1. The molecule has 0 heterocycles. The highest BCUT2D eigenvalue weighted by molar-refractivity contribution is 5.97. The second-order valence-electron chi connectivity index (χ2n) is 6.27. The number of carbonyl (C=O) groups is 1. The van der Waals surface area contributed by atoms with Crippen LogP contribution in [0.4, 0.5) is 5.69 Å². The van der Waals surface area contributed by atoms with E-state index in [4.69, 9.17) is 9.47 Å². The van der Waals surface area contributed by atoms with Crippen LogP contribution in [0.2, 0.25) is 0 Å². The number of ether oxygens (including phenoxy) is 2. The van der Waals surface area contributed by atoms with E-state index in [1.54, 1.807) is 7.11 Å². The van der Waals surface area contributed by atoms with Gasteiger partial charge in [0.05, 0.1) is 7.11 Å². The molecule has 4 heteroatoms. The SMILES string of the molecule is CCO[C@]1(C(=O)Nc2ccc(OC)c(C)c2)CCC[C@H](C)C1. The standard InChI is InChI=1S/C18H27NO3/c1-5-22-18(10-6-7-13(2)12-18)17(20)19-15-8-9-16(21-4)14(3)11-15/h8-9,11,13H,5-7,10,12H2,1-4H3,(H,19,20)/t13-,18+/m0/s1. The van der Waals surface area contributed by atoms with Crippen LogP contribution in [0.3, 0.4) is 0 Å². The second-order valence-corrected chi connectivity index (χ2v) is 6.27. The molecule has 1 aromatic carbocycles. The smallest absolute Gasteiger partial charge is 0.256 e. The Balaban J connectivity index is 2.16. The Morgan fingerprint density at radius 2 is 2.23 bits per heavy atom. The Labute approximate surface area is 133 Å². The maximum Gasteiger partial charge on any atom is 0.256 e. The van der Waals surface area contributed by atoms with Crippen molar-refractivity contribution in [2.24, 2.45) is 5.92 Å². The summed E-state index contributed by atoms with van der Waals surface area (Å²) in [5, 5.41) is 3.03. The highest BCUT2D eigenvalue weighted by Gasteiger charge is 2.42. The fourth-order valence-corrected chi connectivity index (χ4v) is 3.38. The van der Waals surface area contributed by atoms with Gasteiger partial charge in [0, 0.05) is 12.3 Å². The zero-order valence-corrected chi connectivity index (χ0v) is 14.1. The average Bonchev–Trinajstić information content (AvgIpc) is 2.47. The number of aryl methyl sites for hydroxylation is 1. The molecule has 1 aromatic rings. The lowest BCUT2D eigenvalue weighted by molar-refractivity contribution is -0.147. The van der Waals surface area contributed by atoms with Crippen LogP contribution >= 0.6 is 0 Å². The van der Waals surface area contributed by atoms with Gasteiger partial charge in [-0.2, -0.15) is 0 Å². The van der Waals surface area contributed by atoms with Crippen molar-refractivity contribution in [3.8, 4) is 5.75 Å². The fourth-order valence-electron chi connectivity index (χ4n) is 3.38. The minimum absolute atomic E-state index is 0.0227. The second kappa shape index (κ2) is 7.14. The highest BCUT2D eigenvalue weighted by Crippen LogP contribution is 2.36. The van der Waals surface area contributed by atoms with Crippen molar-refractivity contribution in [1.82, 2.24) is 0 Å². The number of methoxy groups -OCH3 is 1. The zero-order valence-electron chi connectivity index (χ0n) is 14.1. The number of hydrogen-bond donors (Lipinski definition) is 1. The summed E-state index contributed by atoms with van der Waals surface area (Å²) in [5.41, 5.74) is 1.11. The lowest BCUT2D eigenvalue weighted by Crippen LogP contribution is -2.48. The van der Waals surface area contributed by atoms with Gasteiger partial charge in [0.2, 0.25) is 0 Å². The number of anilines is 1. The van der Waals surface area contributed by atoms with Gasteiger partial charge in [0.1, 0.15) is 11.4 Å². The zero-order chi connectivity index (χ0) is 16.2. The van der Waals surface area contributed by atoms with Crippen LogP contribution in [-0.2, 0) is 9.53 Å². The van der Waals surface area contributed by atoms with Crippen LogP contribution in [0.25, 0.3) is 0 Å². The molecule has 2 atom stereocenters. The van der Waals surface area contributed by atoms with Crippen molar-refractivity contribution < 1.29 is 14.3 Å². The molecule has 1 saturated carbocycles. The number of hydrogen-bond acceptors (Lipinski definition) is 3. The predicted molar refractivity (Wildman–Crippen MR) is 88.3 cm³/mol. The molecule has 1 aliphatic carbocycles. The highest BCUT2D eigenvalue weighted by atomic mass is 16.5. The molecule has 0 bridgehead atoms. The lowest BCUT2D eigenvalue weighted by Gasteiger charge is -2.38. The number of benzene rings is 1. The van der Waals surface area contributed by atoms with E-state index in [9.17, 15) is 4.79 Å². The lowest BCUT2D eigenvalue weighted by atomic mass is 9.78. The minimum atomic E-state index is -0.680. The first-order valence-electron chi connectivity index (χ1n) is 8.11. The van der Waals surface area contributed by atoms with E-state index < -0.39 is 5.60 Å². The Bertz CT molecular complexity index is 525. The quantitative estimate of drug-likeness (QED) is 0.896. The van der Waals surface area contributed by atoms with E-state index in [0.29, 0.717) is 12.5 Å². The van der Waals surface area contributed by atoms with Gasteiger partial charge in [0.25, 0.3) is 5.91 Å². The molecule has 2 rings (SSSR count). The Morgan fingerprint density at radius 3 is 2.82 bits per heavy atom. The molecule has 1 N–H and O–H groups in total. The molecule has 1 fully saturated rings. The third-order valence-corrected chi connectivity index (χ3v) is 4.44. The summed E-state index contributed by atoms with van der Waals surface area (Å²) < 4.78 is 11.2. The average molecular weight is 305 g/mol. The number of rotatable bonds is 5. The summed E-state index contributed by atoms with van der Waals surface area (Å²) in [7, 11) is 1.65. The van der Waals surface area contributed by atoms with Crippen molar-refractivity contribution >= 4 is 11.6 Å². The monoisotopic (exact) mass is 305 g/mol. The topological polar surface area (TPSA) is 47.6 Å². The predicted octanol–water partition coefficient (Wildman–Crippen LogP) is 3.93. The Kier molecular flexibility index (Phi) is 5.46. The van der Waals surface area contributed by atoms with Crippen molar-refractivity contribution in [3.05, 3.63) is 23.8 Å². The van der Waals surface area contributed by atoms with Crippen LogP contribution in [0, 0.1) is 12.8 Å². The third kappa shape index (κ3) is 3.61. The molecule has 0 aliphatic heterocycles. The van der Waals surface area contributed by atoms with Gasteiger partial charge in [0.15, 0.2) is 0 Å². The Hall–Kier alpha value is -1.55. The molecule has 0 spiro atoms. The molecule has 1 amide bonds. The summed E-state index contributed by atoms with van der Waals surface area (Å²) in [6, 6.07) is 5.68. The molecular weight excluding hydrogens is 278 g/mol. The van der Waals surface area contributed by atoms with Crippen molar-refractivity contribution in [3.63, 3.8) is 0 Å². The van der Waals surface area contributed by atoms with E-state index in [0.717, 1.165) is 36.3 Å². The largest absolute Gasteiger partial charge is 0.496 e.